The second-order valence-electron chi connectivity index (χ2n) is 10.3. The SMILES string of the molecule is CCC(=O)Oc1cc(C(C)(C)C)c(OC[Si](C)(C)c2ccco2)cc1C(C)(C)C. The van der Waals surface area contributed by atoms with E-state index in [2.05, 4.69) is 60.7 Å². The van der Waals surface area contributed by atoms with Crippen LogP contribution in [0.2, 0.25) is 13.1 Å². The highest BCUT2D eigenvalue weighted by atomic mass is 28.3. The Bertz CT molecular complexity index is 837. The summed E-state index contributed by atoms with van der Waals surface area (Å²) >= 11 is 0. The predicted molar refractivity (Wildman–Crippen MR) is 121 cm³/mol. The van der Waals surface area contributed by atoms with Gasteiger partial charge in [0.1, 0.15) is 11.5 Å². The third-order valence-electron chi connectivity index (χ3n) is 4.99. The Morgan fingerprint density at radius 1 is 1.00 bits per heavy atom. The number of carbonyl (C=O) groups is 1. The van der Waals surface area contributed by atoms with E-state index in [1.807, 2.05) is 25.1 Å². The van der Waals surface area contributed by atoms with Gasteiger partial charge in [-0.25, -0.2) is 0 Å². The third-order valence-corrected chi connectivity index (χ3v) is 7.47. The summed E-state index contributed by atoms with van der Waals surface area (Å²) in [5.41, 5.74) is 1.66. The zero-order valence-corrected chi connectivity index (χ0v) is 20.4. The van der Waals surface area contributed by atoms with Crippen molar-refractivity contribution in [3.8, 4) is 11.5 Å². The number of furan rings is 1. The molecule has 0 N–H and O–H groups in total. The maximum Gasteiger partial charge on any atom is 0.310 e. The number of rotatable bonds is 6. The van der Waals surface area contributed by atoms with Crippen LogP contribution in [0.4, 0.5) is 0 Å². The van der Waals surface area contributed by atoms with Crippen LogP contribution in [-0.4, -0.2) is 20.3 Å². The molecule has 0 aliphatic rings. The molecule has 29 heavy (non-hydrogen) atoms. The number of benzene rings is 1. The van der Waals surface area contributed by atoms with Crippen LogP contribution < -0.4 is 14.9 Å². The van der Waals surface area contributed by atoms with E-state index in [9.17, 15) is 4.79 Å². The molecule has 2 rings (SSSR count). The van der Waals surface area contributed by atoms with Crippen molar-refractivity contribution in [1.82, 2.24) is 0 Å². The first kappa shape index (κ1) is 23.3. The topological polar surface area (TPSA) is 48.7 Å². The number of hydrogen-bond donors (Lipinski definition) is 0. The lowest BCUT2D eigenvalue weighted by Crippen LogP contribution is -2.46. The highest BCUT2D eigenvalue weighted by Crippen LogP contribution is 2.41. The van der Waals surface area contributed by atoms with Gasteiger partial charge < -0.3 is 13.9 Å². The van der Waals surface area contributed by atoms with Crippen LogP contribution >= 0.6 is 0 Å². The van der Waals surface area contributed by atoms with Gasteiger partial charge in [-0.1, -0.05) is 61.6 Å². The number of carbonyl (C=O) groups excluding carboxylic acids is 1. The summed E-state index contributed by atoms with van der Waals surface area (Å²) in [6.45, 7) is 19.1. The van der Waals surface area contributed by atoms with Crippen LogP contribution in [0, 0.1) is 0 Å². The van der Waals surface area contributed by atoms with Crippen LogP contribution in [0.25, 0.3) is 0 Å². The van der Waals surface area contributed by atoms with Gasteiger partial charge >= 0.3 is 5.97 Å². The summed E-state index contributed by atoms with van der Waals surface area (Å²) in [7, 11) is -1.88. The molecular formula is C24H36O4Si. The Hall–Kier alpha value is -2.01. The van der Waals surface area contributed by atoms with E-state index < -0.39 is 8.07 Å². The second-order valence-corrected chi connectivity index (χ2v) is 14.9. The molecule has 4 nitrogen and oxygen atoms in total. The lowest BCUT2D eigenvalue weighted by Gasteiger charge is -2.30. The van der Waals surface area contributed by atoms with Crippen molar-refractivity contribution in [3.05, 3.63) is 41.7 Å². The van der Waals surface area contributed by atoms with Crippen molar-refractivity contribution < 1.29 is 18.7 Å². The average molecular weight is 417 g/mol. The largest absolute Gasteiger partial charge is 0.496 e. The fourth-order valence-electron chi connectivity index (χ4n) is 3.12. The minimum Gasteiger partial charge on any atom is -0.496 e. The molecule has 0 amide bonds. The highest BCUT2D eigenvalue weighted by molar-refractivity contribution is 6.88. The third kappa shape index (κ3) is 5.75. The van der Waals surface area contributed by atoms with Gasteiger partial charge in [-0.3, -0.25) is 4.79 Å². The zero-order chi connectivity index (χ0) is 22.0. The normalized spacial score (nSPS) is 12.7. The van der Waals surface area contributed by atoms with E-state index in [0.29, 0.717) is 18.4 Å². The quantitative estimate of drug-likeness (QED) is 0.343. The number of hydrogen-bond acceptors (Lipinski definition) is 4. The van der Waals surface area contributed by atoms with Crippen LogP contribution in [0.3, 0.4) is 0 Å². The predicted octanol–water partition coefficient (Wildman–Crippen LogP) is 5.72. The molecule has 0 saturated carbocycles. The molecular weight excluding hydrogens is 380 g/mol. The summed E-state index contributed by atoms with van der Waals surface area (Å²) in [6.07, 6.45) is 2.68. The minimum absolute atomic E-state index is 0.157. The van der Waals surface area contributed by atoms with Gasteiger partial charge in [0.2, 0.25) is 0 Å². The van der Waals surface area contributed by atoms with E-state index in [0.717, 1.165) is 22.3 Å². The van der Waals surface area contributed by atoms with Crippen LogP contribution in [0.5, 0.6) is 11.5 Å². The van der Waals surface area contributed by atoms with Gasteiger partial charge in [-0.05, 0) is 35.1 Å². The molecule has 2 aromatic rings. The van der Waals surface area contributed by atoms with Crippen LogP contribution in [0.15, 0.2) is 34.9 Å². The second kappa shape index (κ2) is 8.39. The molecule has 0 atom stereocenters. The number of esters is 1. The summed E-state index contributed by atoms with van der Waals surface area (Å²) in [5.74, 6) is 1.26. The summed E-state index contributed by atoms with van der Waals surface area (Å²) in [6, 6.07) is 8.02. The molecule has 1 heterocycles. The van der Waals surface area contributed by atoms with Crippen LogP contribution in [-0.2, 0) is 15.6 Å². The zero-order valence-electron chi connectivity index (χ0n) is 19.4. The standard InChI is InChI=1S/C24H36O4Si/c1-10-21(25)28-20-15-17(23(2,3)4)19(14-18(20)24(5,6)7)27-16-29(8,9)22-12-11-13-26-22/h11-15H,10,16H2,1-9H3. The lowest BCUT2D eigenvalue weighted by atomic mass is 9.81. The van der Waals surface area contributed by atoms with Gasteiger partial charge in [-0.2, -0.15) is 0 Å². The molecule has 160 valence electrons. The first-order chi connectivity index (χ1) is 13.3. The van der Waals surface area contributed by atoms with Gasteiger partial charge in [0.15, 0.2) is 8.07 Å². The van der Waals surface area contributed by atoms with Gasteiger partial charge in [-0.15, -0.1) is 0 Å². The van der Waals surface area contributed by atoms with Crippen molar-refractivity contribution in [3.63, 3.8) is 0 Å². The highest BCUT2D eigenvalue weighted by Gasteiger charge is 2.31. The fraction of sp³-hybridized carbons (Fsp3) is 0.542. The van der Waals surface area contributed by atoms with Crippen molar-refractivity contribution in [2.75, 3.05) is 6.23 Å². The summed E-state index contributed by atoms with van der Waals surface area (Å²) < 4.78 is 17.8. The Morgan fingerprint density at radius 2 is 1.55 bits per heavy atom. The molecule has 0 aliphatic carbocycles. The molecule has 0 spiro atoms. The Morgan fingerprint density at radius 3 is 2.03 bits per heavy atom. The summed E-state index contributed by atoms with van der Waals surface area (Å²) in [5, 5.41) is 1.03. The molecule has 1 aromatic carbocycles. The molecule has 0 aliphatic heterocycles. The lowest BCUT2D eigenvalue weighted by molar-refractivity contribution is -0.134. The molecule has 5 heteroatoms. The van der Waals surface area contributed by atoms with Crippen molar-refractivity contribution in [2.45, 2.75) is 78.8 Å². The van der Waals surface area contributed by atoms with E-state index in [-0.39, 0.29) is 16.8 Å². The first-order valence-electron chi connectivity index (χ1n) is 10.3. The monoisotopic (exact) mass is 416 g/mol. The maximum atomic E-state index is 12.0. The van der Waals surface area contributed by atoms with E-state index in [1.54, 1.807) is 6.26 Å². The molecule has 0 radical (unpaired) electrons. The minimum atomic E-state index is -1.88. The Labute approximate surface area is 176 Å². The van der Waals surface area contributed by atoms with Gasteiger partial charge in [0.05, 0.1) is 17.9 Å². The number of ether oxygens (including phenoxy) is 2. The van der Waals surface area contributed by atoms with Gasteiger partial charge in [0.25, 0.3) is 0 Å². The Balaban J connectivity index is 2.50. The first-order valence-corrected chi connectivity index (χ1v) is 13.5. The molecule has 0 bridgehead atoms. The van der Waals surface area contributed by atoms with Crippen LogP contribution in [0.1, 0.15) is 66.0 Å². The average Bonchev–Trinajstić information content (AvgIpc) is 3.14. The Kier molecular flexibility index (Phi) is 6.73. The van der Waals surface area contributed by atoms with Gasteiger partial charge in [0, 0.05) is 17.5 Å². The molecule has 0 fully saturated rings. The van der Waals surface area contributed by atoms with Crippen molar-refractivity contribution >= 4 is 19.4 Å². The summed E-state index contributed by atoms with van der Waals surface area (Å²) in [4.78, 5) is 12.0. The van der Waals surface area contributed by atoms with E-state index in [4.69, 9.17) is 13.9 Å². The van der Waals surface area contributed by atoms with E-state index >= 15 is 0 Å². The van der Waals surface area contributed by atoms with E-state index in [1.165, 1.54) is 0 Å². The van der Waals surface area contributed by atoms with Crippen molar-refractivity contribution in [1.29, 1.82) is 0 Å². The molecule has 1 aromatic heterocycles. The molecule has 0 unspecified atom stereocenters. The fourth-order valence-corrected chi connectivity index (χ4v) is 4.72. The molecule has 0 saturated heterocycles. The smallest absolute Gasteiger partial charge is 0.310 e. The maximum absolute atomic E-state index is 12.0. The van der Waals surface area contributed by atoms with Crippen molar-refractivity contribution in [2.24, 2.45) is 0 Å².